The first-order valence-electron chi connectivity index (χ1n) is 6.00. The van der Waals surface area contributed by atoms with Gasteiger partial charge in [-0.25, -0.2) is 4.79 Å². The Morgan fingerprint density at radius 3 is 3.15 bits per heavy atom. The number of fused-ring (bicyclic) bond motifs is 1. The summed E-state index contributed by atoms with van der Waals surface area (Å²) in [6, 6.07) is 4.60. The number of thiophene rings is 1. The van der Waals surface area contributed by atoms with Crippen LogP contribution in [0.25, 0.3) is 0 Å². The summed E-state index contributed by atoms with van der Waals surface area (Å²) in [4.78, 5) is 14.4. The second-order valence-corrected chi connectivity index (χ2v) is 5.36. The number of rotatable bonds is 2. The lowest BCUT2D eigenvalue weighted by molar-refractivity contribution is -0.138. The summed E-state index contributed by atoms with van der Waals surface area (Å²) in [5, 5.41) is 28.3. The lowest BCUT2D eigenvalue weighted by atomic mass is 9.99. The molecule has 0 spiro atoms. The summed E-state index contributed by atoms with van der Waals surface area (Å²) >= 11 is 1.56. The molecule has 1 N–H and O–H groups in total. The lowest BCUT2D eigenvalue weighted by Crippen LogP contribution is -2.40. The van der Waals surface area contributed by atoms with Crippen LogP contribution in [-0.4, -0.2) is 27.8 Å². The molecule has 1 unspecified atom stereocenters. The van der Waals surface area contributed by atoms with Crippen molar-refractivity contribution in [3.8, 4) is 6.07 Å². The highest BCUT2D eigenvalue weighted by Crippen LogP contribution is 2.36. The van der Waals surface area contributed by atoms with Gasteiger partial charge in [-0.1, -0.05) is 0 Å². The molecule has 1 aliphatic rings. The second kappa shape index (κ2) is 4.90. The van der Waals surface area contributed by atoms with E-state index < -0.39 is 12.0 Å². The van der Waals surface area contributed by atoms with Crippen molar-refractivity contribution >= 4 is 23.1 Å². The molecule has 0 aliphatic carbocycles. The van der Waals surface area contributed by atoms with E-state index in [4.69, 9.17) is 5.26 Å². The maximum atomic E-state index is 11.6. The Hall–Kier alpha value is -2.46. The Kier molecular flexibility index (Phi) is 3.08. The molecule has 0 saturated heterocycles. The number of aliphatic carboxylic acids is 1. The highest BCUT2D eigenvalue weighted by molar-refractivity contribution is 7.10. The van der Waals surface area contributed by atoms with Crippen molar-refractivity contribution in [1.82, 2.24) is 10.2 Å². The number of anilines is 1. The van der Waals surface area contributed by atoms with Crippen LogP contribution in [0.3, 0.4) is 0 Å². The summed E-state index contributed by atoms with van der Waals surface area (Å²) in [7, 11) is 0. The molecule has 0 saturated carbocycles. The smallest absolute Gasteiger partial charge is 0.331 e. The molecule has 3 heterocycles. The summed E-state index contributed by atoms with van der Waals surface area (Å²) in [6.45, 7) is 0.512. The predicted octanol–water partition coefficient (Wildman–Crippen LogP) is 1.60. The van der Waals surface area contributed by atoms with E-state index in [1.165, 1.54) is 6.20 Å². The molecule has 1 aliphatic heterocycles. The van der Waals surface area contributed by atoms with Crippen LogP contribution in [0.4, 0.5) is 5.82 Å². The van der Waals surface area contributed by atoms with E-state index in [1.807, 2.05) is 17.5 Å². The first kappa shape index (κ1) is 12.6. The second-order valence-electron chi connectivity index (χ2n) is 4.36. The topological polar surface area (TPSA) is 90.1 Å². The van der Waals surface area contributed by atoms with Gasteiger partial charge in [0.25, 0.3) is 0 Å². The zero-order chi connectivity index (χ0) is 14.1. The third-order valence-electron chi connectivity index (χ3n) is 3.29. The van der Waals surface area contributed by atoms with Gasteiger partial charge in [-0.2, -0.15) is 10.4 Å². The van der Waals surface area contributed by atoms with Crippen LogP contribution in [0.2, 0.25) is 0 Å². The molecule has 0 aromatic carbocycles. The molecule has 2 aromatic heterocycles. The third-order valence-corrected chi connectivity index (χ3v) is 4.29. The van der Waals surface area contributed by atoms with Crippen molar-refractivity contribution in [2.24, 2.45) is 0 Å². The number of carboxylic acids is 1. The van der Waals surface area contributed by atoms with E-state index in [0.717, 1.165) is 16.9 Å². The molecule has 6 nitrogen and oxygen atoms in total. The number of hydrogen-bond donors (Lipinski definition) is 1. The van der Waals surface area contributed by atoms with Crippen LogP contribution >= 0.6 is 11.3 Å². The monoisotopic (exact) mass is 286 g/mol. The molecule has 7 heteroatoms. The minimum absolute atomic E-state index is 0.333. The van der Waals surface area contributed by atoms with Crippen LogP contribution in [0.1, 0.15) is 22.0 Å². The average molecular weight is 286 g/mol. The number of hydrogen-bond acceptors (Lipinski definition) is 6. The Labute approximate surface area is 118 Å². The number of nitrogens with zero attached hydrogens (tertiary/aromatic N) is 4. The van der Waals surface area contributed by atoms with E-state index in [2.05, 4.69) is 10.2 Å². The van der Waals surface area contributed by atoms with Crippen molar-refractivity contribution in [1.29, 1.82) is 5.26 Å². The van der Waals surface area contributed by atoms with E-state index in [1.54, 1.807) is 22.3 Å². The highest BCUT2D eigenvalue weighted by atomic mass is 32.1. The molecule has 0 bridgehead atoms. The van der Waals surface area contributed by atoms with Crippen LogP contribution in [-0.2, 0) is 11.2 Å². The average Bonchev–Trinajstić information content (AvgIpc) is 2.94. The molecule has 2 aromatic rings. The third kappa shape index (κ3) is 1.90. The van der Waals surface area contributed by atoms with Crippen molar-refractivity contribution in [3.05, 3.63) is 39.7 Å². The molecule has 1 atom stereocenters. The quantitative estimate of drug-likeness (QED) is 0.901. The zero-order valence-corrected chi connectivity index (χ0v) is 11.2. The molecule has 20 heavy (non-hydrogen) atoms. The summed E-state index contributed by atoms with van der Waals surface area (Å²) in [6.07, 6.45) is 2.18. The Morgan fingerprint density at radius 1 is 1.55 bits per heavy atom. The number of aromatic nitrogens is 2. The number of nitriles is 1. The van der Waals surface area contributed by atoms with Gasteiger partial charge in [-0.15, -0.1) is 16.4 Å². The highest BCUT2D eigenvalue weighted by Gasteiger charge is 2.35. The van der Waals surface area contributed by atoms with Gasteiger partial charge < -0.3 is 10.0 Å². The fourth-order valence-corrected chi connectivity index (χ4v) is 3.34. The molecular formula is C13H10N4O2S. The van der Waals surface area contributed by atoms with Crippen molar-refractivity contribution in [2.45, 2.75) is 12.5 Å². The Morgan fingerprint density at radius 2 is 2.40 bits per heavy atom. The summed E-state index contributed by atoms with van der Waals surface area (Å²) in [5.74, 6) is -0.613. The van der Waals surface area contributed by atoms with Crippen LogP contribution in [0, 0.1) is 11.3 Å². The minimum atomic E-state index is -0.945. The molecule has 0 fully saturated rings. The Bertz CT molecular complexity index is 706. The first-order chi connectivity index (χ1) is 9.72. The van der Waals surface area contributed by atoms with Crippen molar-refractivity contribution in [2.75, 3.05) is 11.4 Å². The van der Waals surface area contributed by atoms with E-state index >= 15 is 0 Å². The molecule has 100 valence electrons. The largest absolute Gasteiger partial charge is 0.479 e. The van der Waals surface area contributed by atoms with Crippen LogP contribution in [0.15, 0.2) is 23.7 Å². The van der Waals surface area contributed by atoms with Gasteiger partial charge in [0.1, 0.15) is 6.07 Å². The van der Waals surface area contributed by atoms with Gasteiger partial charge in [0.15, 0.2) is 11.9 Å². The molecule has 0 radical (unpaired) electrons. The van der Waals surface area contributed by atoms with Crippen molar-refractivity contribution in [3.63, 3.8) is 0 Å². The molecular weight excluding hydrogens is 276 g/mol. The number of carbonyl (C=O) groups is 1. The maximum Gasteiger partial charge on any atom is 0.331 e. The normalized spacial score (nSPS) is 17.4. The van der Waals surface area contributed by atoms with Gasteiger partial charge >= 0.3 is 5.97 Å². The molecule has 3 rings (SSSR count). The van der Waals surface area contributed by atoms with Gasteiger partial charge in [0, 0.05) is 11.4 Å². The SMILES string of the molecule is N#Cc1ccnnc1N1CCc2sccc2C1C(=O)O. The van der Waals surface area contributed by atoms with Gasteiger partial charge in [-0.3, -0.25) is 0 Å². The minimum Gasteiger partial charge on any atom is -0.479 e. The fraction of sp³-hybridized carbons (Fsp3) is 0.231. The maximum absolute atomic E-state index is 11.6. The summed E-state index contributed by atoms with van der Waals surface area (Å²) in [5.41, 5.74) is 1.12. The number of carboxylic acid groups (broad SMARTS) is 1. The van der Waals surface area contributed by atoms with Gasteiger partial charge in [-0.05, 0) is 29.5 Å². The van der Waals surface area contributed by atoms with E-state index in [0.29, 0.717) is 17.9 Å². The zero-order valence-electron chi connectivity index (χ0n) is 10.4. The predicted molar refractivity (Wildman–Crippen MR) is 72.5 cm³/mol. The lowest BCUT2D eigenvalue weighted by Gasteiger charge is -2.34. The fourth-order valence-electron chi connectivity index (χ4n) is 2.43. The Balaban J connectivity index is 2.10. The van der Waals surface area contributed by atoms with E-state index in [9.17, 15) is 9.90 Å². The van der Waals surface area contributed by atoms with Crippen LogP contribution in [0.5, 0.6) is 0 Å². The molecule has 0 amide bonds. The van der Waals surface area contributed by atoms with Crippen molar-refractivity contribution < 1.29 is 9.90 Å². The van der Waals surface area contributed by atoms with Gasteiger partial charge in [0.2, 0.25) is 0 Å². The first-order valence-corrected chi connectivity index (χ1v) is 6.88. The van der Waals surface area contributed by atoms with Crippen LogP contribution < -0.4 is 4.90 Å². The van der Waals surface area contributed by atoms with Gasteiger partial charge in [0.05, 0.1) is 11.8 Å². The summed E-state index contributed by atoms with van der Waals surface area (Å²) < 4.78 is 0. The van der Waals surface area contributed by atoms with E-state index in [-0.39, 0.29) is 0 Å². The standard InChI is InChI=1S/C13H10N4O2S/c14-7-8-1-4-15-16-12(8)17-5-2-10-9(3-6-20-10)11(17)13(18)19/h1,3-4,6,11H,2,5H2,(H,18,19).